The van der Waals surface area contributed by atoms with Crippen molar-refractivity contribution in [2.75, 3.05) is 13.1 Å². The summed E-state index contributed by atoms with van der Waals surface area (Å²) in [5.74, 6) is 0.735. The minimum Gasteiger partial charge on any atom is -0.308 e. The van der Waals surface area contributed by atoms with Crippen LogP contribution in [0.2, 0.25) is 0 Å². The zero-order chi connectivity index (χ0) is 15.3. The molecule has 0 aromatic carbocycles. The standard InChI is InChI=1S/C18H31N3/c1-5-18(6-2)14-21(13-16-9-7-8-10-19-16)17(12-20-18)11-15(3)4/h7-10,15,17,20H,5-6,11-14H2,1-4H3. The van der Waals surface area contributed by atoms with E-state index in [0.717, 1.165) is 25.6 Å². The molecule has 1 unspecified atom stereocenters. The Kier molecular flexibility index (Phi) is 5.77. The van der Waals surface area contributed by atoms with Crippen LogP contribution in [-0.2, 0) is 6.54 Å². The molecule has 0 aliphatic carbocycles. The molecule has 0 bridgehead atoms. The van der Waals surface area contributed by atoms with Gasteiger partial charge in [0.2, 0.25) is 0 Å². The maximum absolute atomic E-state index is 4.52. The normalized spacial score (nSPS) is 22.6. The summed E-state index contributed by atoms with van der Waals surface area (Å²) < 4.78 is 0. The summed E-state index contributed by atoms with van der Waals surface area (Å²) in [6.07, 6.45) is 5.54. The second kappa shape index (κ2) is 7.37. The minimum absolute atomic E-state index is 0.280. The lowest BCUT2D eigenvalue weighted by molar-refractivity contribution is 0.0551. The van der Waals surface area contributed by atoms with Crippen molar-refractivity contribution in [3.8, 4) is 0 Å². The lowest BCUT2D eigenvalue weighted by Gasteiger charge is -2.48. The Morgan fingerprint density at radius 2 is 2.10 bits per heavy atom. The second-order valence-electron chi connectivity index (χ2n) is 6.88. The molecular formula is C18H31N3. The van der Waals surface area contributed by atoms with Gasteiger partial charge in [0.15, 0.2) is 0 Å². The molecule has 1 atom stereocenters. The average Bonchev–Trinajstić information content (AvgIpc) is 2.50. The highest BCUT2D eigenvalue weighted by molar-refractivity contribution is 5.05. The molecule has 21 heavy (non-hydrogen) atoms. The highest BCUT2D eigenvalue weighted by atomic mass is 15.3. The van der Waals surface area contributed by atoms with Crippen LogP contribution in [-0.4, -0.2) is 34.6 Å². The molecule has 118 valence electrons. The fourth-order valence-electron chi connectivity index (χ4n) is 3.42. The summed E-state index contributed by atoms with van der Waals surface area (Å²) in [6, 6.07) is 6.86. The van der Waals surface area contributed by atoms with E-state index in [4.69, 9.17) is 0 Å². The van der Waals surface area contributed by atoms with Gasteiger partial charge in [-0.25, -0.2) is 0 Å². The number of hydrogen-bond acceptors (Lipinski definition) is 3. The summed E-state index contributed by atoms with van der Waals surface area (Å²) in [7, 11) is 0. The van der Waals surface area contributed by atoms with Gasteiger partial charge in [0, 0.05) is 37.4 Å². The van der Waals surface area contributed by atoms with Gasteiger partial charge in [0.25, 0.3) is 0 Å². The van der Waals surface area contributed by atoms with Gasteiger partial charge in [-0.15, -0.1) is 0 Å². The van der Waals surface area contributed by atoms with Crippen molar-refractivity contribution in [1.29, 1.82) is 0 Å². The third-order valence-corrected chi connectivity index (χ3v) is 4.92. The van der Waals surface area contributed by atoms with Crippen LogP contribution in [0.15, 0.2) is 24.4 Å². The second-order valence-corrected chi connectivity index (χ2v) is 6.88. The lowest BCUT2D eigenvalue weighted by atomic mass is 9.87. The molecule has 0 radical (unpaired) electrons. The van der Waals surface area contributed by atoms with Crippen molar-refractivity contribution in [2.45, 2.75) is 65.1 Å². The maximum atomic E-state index is 4.52. The Morgan fingerprint density at radius 1 is 1.33 bits per heavy atom. The number of piperazine rings is 1. The van der Waals surface area contributed by atoms with Crippen molar-refractivity contribution >= 4 is 0 Å². The minimum atomic E-state index is 0.280. The first-order valence-electron chi connectivity index (χ1n) is 8.47. The number of hydrogen-bond donors (Lipinski definition) is 1. The van der Waals surface area contributed by atoms with Crippen molar-refractivity contribution < 1.29 is 0 Å². The smallest absolute Gasteiger partial charge is 0.0544 e. The Bertz CT molecular complexity index is 412. The van der Waals surface area contributed by atoms with E-state index < -0.39 is 0 Å². The van der Waals surface area contributed by atoms with Crippen LogP contribution < -0.4 is 5.32 Å². The molecular weight excluding hydrogens is 258 g/mol. The predicted octanol–water partition coefficient (Wildman–Crippen LogP) is 3.46. The molecule has 2 heterocycles. The summed E-state index contributed by atoms with van der Waals surface area (Å²) in [5.41, 5.74) is 1.47. The first-order valence-corrected chi connectivity index (χ1v) is 8.47. The van der Waals surface area contributed by atoms with Crippen molar-refractivity contribution in [1.82, 2.24) is 15.2 Å². The Morgan fingerprint density at radius 3 is 2.67 bits per heavy atom. The number of aromatic nitrogens is 1. The fraction of sp³-hybridized carbons (Fsp3) is 0.722. The summed E-state index contributed by atoms with van der Waals surface area (Å²) in [5, 5.41) is 3.84. The third-order valence-electron chi connectivity index (χ3n) is 4.92. The van der Waals surface area contributed by atoms with E-state index in [-0.39, 0.29) is 5.54 Å². The molecule has 0 saturated carbocycles. The number of rotatable bonds is 6. The van der Waals surface area contributed by atoms with Crippen molar-refractivity contribution in [3.05, 3.63) is 30.1 Å². The predicted molar refractivity (Wildman–Crippen MR) is 89.2 cm³/mol. The molecule has 1 N–H and O–H groups in total. The van der Waals surface area contributed by atoms with Gasteiger partial charge in [0.1, 0.15) is 0 Å². The first kappa shape index (κ1) is 16.4. The fourth-order valence-corrected chi connectivity index (χ4v) is 3.42. The van der Waals surface area contributed by atoms with Gasteiger partial charge in [-0.3, -0.25) is 9.88 Å². The summed E-state index contributed by atoms with van der Waals surface area (Å²) in [4.78, 5) is 7.18. The van der Waals surface area contributed by atoms with Crippen LogP contribution in [0.1, 0.15) is 52.7 Å². The summed E-state index contributed by atoms with van der Waals surface area (Å²) in [6.45, 7) is 12.5. The summed E-state index contributed by atoms with van der Waals surface area (Å²) >= 11 is 0. The van der Waals surface area contributed by atoms with Crippen LogP contribution >= 0.6 is 0 Å². The van der Waals surface area contributed by atoms with Gasteiger partial charge in [-0.05, 0) is 37.3 Å². The van der Waals surface area contributed by atoms with Gasteiger partial charge in [0.05, 0.1) is 5.69 Å². The van der Waals surface area contributed by atoms with Crippen LogP contribution in [0.5, 0.6) is 0 Å². The molecule has 2 rings (SSSR count). The Hall–Kier alpha value is -0.930. The SMILES string of the molecule is CCC1(CC)CN(Cc2ccccn2)C(CC(C)C)CN1. The topological polar surface area (TPSA) is 28.2 Å². The average molecular weight is 289 g/mol. The highest BCUT2D eigenvalue weighted by Crippen LogP contribution is 2.26. The zero-order valence-corrected chi connectivity index (χ0v) is 14.1. The number of pyridine rings is 1. The maximum Gasteiger partial charge on any atom is 0.0544 e. The van der Waals surface area contributed by atoms with E-state index >= 15 is 0 Å². The van der Waals surface area contributed by atoms with E-state index in [9.17, 15) is 0 Å². The van der Waals surface area contributed by atoms with Crippen molar-refractivity contribution in [2.24, 2.45) is 5.92 Å². The molecule has 0 amide bonds. The quantitative estimate of drug-likeness (QED) is 0.869. The van der Waals surface area contributed by atoms with Crippen LogP contribution in [0.4, 0.5) is 0 Å². The van der Waals surface area contributed by atoms with Crippen LogP contribution in [0.25, 0.3) is 0 Å². The molecule has 3 heteroatoms. The third kappa shape index (κ3) is 4.27. The van der Waals surface area contributed by atoms with Gasteiger partial charge in [-0.2, -0.15) is 0 Å². The molecule has 3 nitrogen and oxygen atoms in total. The largest absolute Gasteiger partial charge is 0.308 e. The van der Waals surface area contributed by atoms with E-state index in [1.54, 1.807) is 0 Å². The Balaban J connectivity index is 2.12. The number of nitrogens with one attached hydrogen (secondary N) is 1. The van der Waals surface area contributed by atoms with Gasteiger partial charge < -0.3 is 5.32 Å². The Labute approximate surface area is 130 Å². The van der Waals surface area contributed by atoms with E-state index in [1.165, 1.54) is 25.0 Å². The van der Waals surface area contributed by atoms with Crippen LogP contribution in [0, 0.1) is 5.92 Å². The van der Waals surface area contributed by atoms with Gasteiger partial charge in [-0.1, -0.05) is 33.8 Å². The van der Waals surface area contributed by atoms with E-state index in [1.807, 2.05) is 12.3 Å². The molecule has 1 saturated heterocycles. The molecule has 1 aromatic heterocycles. The van der Waals surface area contributed by atoms with E-state index in [0.29, 0.717) is 6.04 Å². The van der Waals surface area contributed by atoms with Crippen molar-refractivity contribution in [3.63, 3.8) is 0 Å². The highest BCUT2D eigenvalue weighted by Gasteiger charge is 2.36. The van der Waals surface area contributed by atoms with Gasteiger partial charge >= 0.3 is 0 Å². The van der Waals surface area contributed by atoms with Crippen LogP contribution in [0.3, 0.4) is 0 Å². The molecule has 0 spiro atoms. The monoisotopic (exact) mass is 289 g/mol. The van der Waals surface area contributed by atoms with E-state index in [2.05, 4.69) is 55.0 Å². The molecule has 1 aliphatic heterocycles. The number of nitrogens with zero attached hydrogens (tertiary/aromatic N) is 2. The molecule has 1 fully saturated rings. The lowest BCUT2D eigenvalue weighted by Crippen LogP contribution is -2.63. The molecule has 1 aliphatic rings. The first-order chi connectivity index (χ1) is 10.1. The molecule has 1 aromatic rings. The zero-order valence-electron chi connectivity index (χ0n) is 14.1.